The Hall–Kier alpha value is -0.730. The van der Waals surface area contributed by atoms with Crippen molar-refractivity contribution in [3.8, 4) is 6.07 Å². The summed E-state index contributed by atoms with van der Waals surface area (Å²) >= 11 is 0. The van der Waals surface area contributed by atoms with Crippen molar-refractivity contribution >= 4 is 0 Å². The van der Waals surface area contributed by atoms with Crippen LogP contribution in [-0.4, -0.2) is 23.4 Å². The smallest absolute Gasteiger partial charge is 0.268 e. The summed E-state index contributed by atoms with van der Waals surface area (Å²) in [6.45, 7) is 0. The second kappa shape index (κ2) is 2.72. The van der Waals surface area contributed by atoms with E-state index in [4.69, 9.17) is 10.4 Å². The Bertz CT molecular complexity index is 184. The number of ether oxygens (including phenoxy) is 1. The molecule has 2 atom stereocenters. The van der Waals surface area contributed by atoms with Gasteiger partial charge >= 0.3 is 0 Å². The van der Waals surface area contributed by atoms with Gasteiger partial charge in [-0.25, -0.2) is 8.78 Å². The number of rotatable bonds is 2. The van der Waals surface area contributed by atoms with E-state index < -0.39 is 18.3 Å². The number of nitrogens with zero attached hydrogens (tertiary/aromatic N) is 1. The van der Waals surface area contributed by atoms with Crippen LogP contribution in [-0.2, 0) is 4.74 Å². The molecule has 5 heteroatoms. The third kappa shape index (κ3) is 1.32. The van der Waals surface area contributed by atoms with Crippen molar-refractivity contribution in [3.05, 3.63) is 0 Å². The SMILES string of the molecule is N#CCC1(C(F)F)C[C@@H](O)O1. The van der Waals surface area contributed by atoms with Gasteiger partial charge in [-0.05, 0) is 0 Å². The summed E-state index contributed by atoms with van der Waals surface area (Å²) in [6.07, 6.45) is -4.36. The van der Waals surface area contributed by atoms with Gasteiger partial charge in [0.15, 0.2) is 6.29 Å². The van der Waals surface area contributed by atoms with Gasteiger partial charge in [0.25, 0.3) is 6.43 Å². The van der Waals surface area contributed by atoms with Gasteiger partial charge in [-0.1, -0.05) is 0 Å². The van der Waals surface area contributed by atoms with Crippen LogP contribution >= 0.6 is 0 Å². The Labute approximate surface area is 62.2 Å². The van der Waals surface area contributed by atoms with Gasteiger partial charge in [0, 0.05) is 6.42 Å². The predicted octanol–water partition coefficient (Wildman–Crippen LogP) is 0.643. The molecule has 1 heterocycles. The molecular weight excluding hydrogens is 156 g/mol. The van der Waals surface area contributed by atoms with Crippen LogP contribution in [0.1, 0.15) is 12.8 Å². The van der Waals surface area contributed by atoms with Crippen LogP contribution in [0.15, 0.2) is 0 Å². The summed E-state index contributed by atoms with van der Waals surface area (Å²) < 4.78 is 28.6. The van der Waals surface area contributed by atoms with E-state index >= 15 is 0 Å². The number of aliphatic hydroxyl groups excluding tert-OH is 1. The Morgan fingerprint density at radius 2 is 2.36 bits per heavy atom. The lowest BCUT2D eigenvalue weighted by Gasteiger charge is -2.42. The van der Waals surface area contributed by atoms with Gasteiger partial charge in [-0.3, -0.25) is 0 Å². The van der Waals surface area contributed by atoms with E-state index in [0.29, 0.717) is 0 Å². The summed E-state index contributed by atoms with van der Waals surface area (Å²) in [7, 11) is 0. The largest absolute Gasteiger partial charge is 0.368 e. The fraction of sp³-hybridized carbons (Fsp3) is 0.833. The quantitative estimate of drug-likeness (QED) is 0.650. The number of hydrogen-bond donors (Lipinski definition) is 1. The Morgan fingerprint density at radius 1 is 1.82 bits per heavy atom. The van der Waals surface area contributed by atoms with Gasteiger partial charge in [0.2, 0.25) is 0 Å². The molecule has 62 valence electrons. The first-order valence-corrected chi connectivity index (χ1v) is 3.12. The van der Waals surface area contributed by atoms with Crippen molar-refractivity contribution in [1.29, 1.82) is 5.26 Å². The molecule has 1 saturated heterocycles. The molecule has 0 aliphatic carbocycles. The number of nitriles is 1. The Morgan fingerprint density at radius 3 is 2.64 bits per heavy atom. The summed E-state index contributed by atoms with van der Waals surface area (Å²) in [5.74, 6) is 0. The molecular formula is C6H7F2NO2. The standard InChI is InChI=1S/C6H7F2NO2/c7-5(8)6(1-2-9)3-4(10)11-6/h4-5,10H,1,3H2/t4-,6?/m0/s1. The summed E-state index contributed by atoms with van der Waals surface area (Å²) in [5, 5.41) is 16.8. The lowest BCUT2D eigenvalue weighted by Crippen LogP contribution is -2.55. The van der Waals surface area contributed by atoms with Crippen molar-refractivity contribution in [1.82, 2.24) is 0 Å². The molecule has 0 amide bonds. The zero-order valence-corrected chi connectivity index (χ0v) is 5.63. The molecule has 0 aromatic heterocycles. The van der Waals surface area contributed by atoms with Crippen LogP contribution in [0.3, 0.4) is 0 Å². The van der Waals surface area contributed by atoms with Gasteiger partial charge in [-0.15, -0.1) is 0 Å². The fourth-order valence-corrected chi connectivity index (χ4v) is 1.02. The summed E-state index contributed by atoms with van der Waals surface area (Å²) in [6, 6.07) is 1.60. The van der Waals surface area contributed by atoms with Crippen molar-refractivity contribution in [2.24, 2.45) is 0 Å². The molecule has 3 nitrogen and oxygen atoms in total. The van der Waals surface area contributed by atoms with E-state index in [0.717, 1.165) is 0 Å². The fourth-order valence-electron chi connectivity index (χ4n) is 1.02. The maximum Gasteiger partial charge on any atom is 0.268 e. The average Bonchev–Trinajstić information content (AvgIpc) is 1.84. The molecule has 1 rings (SSSR count). The monoisotopic (exact) mass is 163 g/mol. The minimum atomic E-state index is -2.70. The van der Waals surface area contributed by atoms with E-state index in [1.165, 1.54) is 0 Å². The molecule has 0 saturated carbocycles. The first kappa shape index (κ1) is 8.37. The number of alkyl halides is 2. The van der Waals surface area contributed by atoms with Gasteiger partial charge in [-0.2, -0.15) is 5.26 Å². The molecule has 0 aromatic rings. The highest BCUT2D eigenvalue weighted by Crippen LogP contribution is 2.39. The highest BCUT2D eigenvalue weighted by atomic mass is 19.3. The topological polar surface area (TPSA) is 53.2 Å². The zero-order chi connectivity index (χ0) is 8.48. The third-order valence-electron chi connectivity index (χ3n) is 1.67. The molecule has 0 aromatic carbocycles. The van der Waals surface area contributed by atoms with Crippen LogP contribution < -0.4 is 0 Å². The van der Waals surface area contributed by atoms with Crippen LogP contribution in [0.25, 0.3) is 0 Å². The van der Waals surface area contributed by atoms with E-state index in [1.54, 1.807) is 6.07 Å². The first-order valence-electron chi connectivity index (χ1n) is 3.12. The highest BCUT2D eigenvalue weighted by Gasteiger charge is 2.52. The van der Waals surface area contributed by atoms with E-state index in [1.807, 2.05) is 0 Å². The number of aliphatic hydroxyl groups is 1. The van der Waals surface area contributed by atoms with Crippen LogP contribution in [0.5, 0.6) is 0 Å². The molecule has 1 fully saturated rings. The summed E-state index contributed by atoms with van der Waals surface area (Å²) in [5.41, 5.74) is -1.70. The molecule has 11 heavy (non-hydrogen) atoms. The van der Waals surface area contributed by atoms with Gasteiger partial charge < -0.3 is 9.84 Å². The molecule has 1 aliphatic heterocycles. The first-order chi connectivity index (χ1) is 5.10. The number of hydrogen-bond acceptors (Lipinski definition) is 3. The van der Waals surface area contributed by atoms with Crippen LogP contribution in [0, 0.1) is 11.3 Å². The average molecular weight is 163 g/mol. The molecule has 1 unspecified atom stereocenters. The van der Waals surface area contributed by atoms with Crippen molar-refractivity contribution in [3.63, 3.8) is 0 Å². The minimum absolute atomic E-state index is 0.155. The van der Waals surface area contributed by atoms with E-state index in [2.05, 4.69) is 4.74 Å². The Balaban J connectivity index is 2.55. The van der Waals surface area contributed by atoms with E-state index in [-0.39, 0.29) is 12.8 Å². The van der Waals surface area contributed by atoms with Crippen LogP contribution in [0.2, 0.25) is 0 Å². The lowest BCUT2D eigenvalue weighted by molar-refractivity contribution is -0.324. The third-order valence-corrected chi connectivity index (χ3v) is 1.67. The predicted molar refractivity (Wildman–Crippen MR) is 30.7 cm³/mol. The van der Waals surface area contributed by atoms with Crippen molar-refractivity contribution in [2.75, 3.05) is 0 Å². The van der Waals surface area contributed by atoms with Crippen LogP contribution in [0.4, 0.5) is 8.78 Å². The molecule has 0 spiro atoms. The summed E-state index contributed by atoms with van der Waals surface area (Å²) in [4.78, 5) is 0. The van der Waals surface area contributed by atoms with Gasteiger partial charge in [0.1, 0.15) is 5.60 Å². The maximum atomic E-state index is 12.1. The number of halogens is 2. The normalized spacial score (nSPS) is 36.5. The zero-order valence-electron chi connectivity index (χ0n) is 5.63. The second-order valence-corrected chi connectivity index (χ2v) is 2.48. The Kier molecular flexibility index (Phi) is 2.07. The van der Waals surface area contributed by atoms with Crippen molar-refractivity contribution < 1.29 is 18.6 Å². The van der Waals surface area contributed by atoms with Crippen molar-refractivity contribution in [2.45, 2.75) is 31.2 Å². The van der Waals surface area contributed by atoms with Gasteiger partial charge in [0.05, 0.1) is 12.5 Å². The minimum Gasteiger partial charge on any atom is -0.368 e. The maximum absolute atomic E-state index is 12.1. The molecule has 1 N–H and O–H groups in total. The molecule has 0 bridgehead atoms. The lowest BCUT2D eigenvalue weighted by atomic mass is 9.91. The molecule has 0 radical (unpaired) electrons. The molecule has 1 aliphatic rings. The van der Waals surface area contributed by atoms with E-state index in [9.17, 15) is 8.78 Å². The second-order valence-electron chi connectivity index (χ2n) is 2.48. The highest BCUT2D eigenvalue weighted by molar-refractivity contribution is 4.98.